The third kappa shape index (κ3) is 10.8. The first-order valence-corrected chi connectivity index (χ1v) is 21.9. The molecule has 0 aromatic heterocycles. The molecule has 0 aliphatic carbocycles. The molecule has 0 radical (unpaired) electrons. The molecule has 1 unspecified atom stereocenters. The summed E-state index contributed by atoms with van der Waals surface area (Å²) < 4.78 is 12.7. The van der Waals surface area contributed by atoms with Crippen molar-refractivity contribution < 1.29 is 8.23 Å². The van der Waals surface area contributed by atoms with Crippen molar-refractivity contribution in [1.29, 1.82) is 0 Å². The second-order valence-electron chi connectivity index (χ2n) is 6.63. The molecule has 2 nitrogen and oxygen atoms in total. The van der Waals surface area contributed by atoms with Gasteiger partial charge in [-0.15, -0.1) is 0 Å². The van der Waals surface area contributed by atoms with Crippen molar-refractivity contribution in [2.24, 2.45) is 0 Å². The Morgan fingerprint density at radius 3 is 1.56 bits per heavy atom. The lowest BCUT2D eigenvalue weighted by molar-refractivity contribution is 0.385. The Balaban J connectivity index is 0. The Morgan fingerprint density at radius 2 is 1.28 bits per heavy atom. The summed E-state index contributed by atoms with van der Waals surface area (Å²) in [6.07, 6.45) is 1.21. The van der Waals surface area contributed by atoms with Gasteiger partial charge >= 0.3 is 8.56 Å². The maximum absolute atomic E-state index is 6.44. The minimum absolute atomic E-state index is 0.699. The molecular formula is C11H30I2O2Si3. The van der Waals surface area contributed by atoms with E-state index in [-0.39, 0.29) is 0 Å². The van der Waals surface area contributed by atoms with Gasteiger partial charge < -0.3 is 8.23 Å². The van der Waals surface area contributed by atoms with Crippen LogP contribution in [-0.4, -0.2) is 25.2 Å². The number of hydrogen-bond donors (Lipinski definition) is 0. The molecule has 0 aliphatic rings. The number of halogens is 2. The highest BCUT2D eigenvalue weighted by molar-refractivity contribution is 15.0. The zero-order valence-electron chi connectivity index (χ0n) is 13.4. The molecule has 0 aromatic carbocycles. The van der Waals surface area contributed by atoms with Gasteiger partial charge in [-0.3, -0.25) is 0 Å². The SMILES string of the molecule is CCC(C)[Si](C)(C)O[Si](C)(C)O[Si](C)(C)C.II. The minimum Gasteiger partial charge on any atom is -0.437 e. The second kappa shape index (κ2) is 9.13. The Kier molecular flexibility index (Phi) is 11.3. The van der Waals surface area contributed by atoms with E-state index in [0.29, 0.717) is 5.54 Å². The van der Waals surface area contributed by atoms with Crippen molar-refractivity contribution in [1.82, 2.24) is 0 Å². The largest absolute Gasteiger partial charge is 0.437 e. The predicted molar refractivity (Wildman–Crippen MR) is 108 cm³/mol. The molecule has 0 aliphatic heterocycles. The van der Waals surface area contributed by atoms with Crippen LogP contribution >= 0.6 is 37.2 Å². The van der Waals surface area contributed by atoms with Gasteiger partial charge in [0.1, 0.15) is 0 Å². The van der Waals surface area contributed by atoms with E-state index in [0.717, 1.165) is 0 Å². The van der Waals surface area contributed by atoms with E-state index in [4.69, 9.17) is 8.23 Å². The van der Waals surface area contributed by atoms with Gasteiger partial charge in [-0.1, -0.05) is 20.3 Å². The lowest BCUT2D eigenvalue weighted by Gasteiger charge is -2.39. The van der Waals surface area contributed by atoms with Gasteiger partial charge in [0.15, 0.2) is 16.6 Å². The van der Waals surface area contributed by atoms with Gasteiger partial charge in [-0.25, -0.2) is 0 Å². The van der Waals surface area contributed by atoms with Crippen LogP contribution in [0.15, 0.2) is 0 Å². The smallest absolute Gasteiger partial charge is 0.311 e. The topological polar surface area (TPSA) is 18.5 Å². The quantitative estimate of drug-likeness (QED) is 0.294. The molecule has 112 valence electrons. The van der Waals surface area contributed by atoms with E-state index in [9.17, 15) is 0 Å². The summed E-state index contributed by atoms with van der Waals surface area (Å²) in [5, 5.41) is 0. The summed E-state index contributed by atoms with van der Waals surface area (Å²) in [6, 6.07) is 0. The van der Waals surface area contributed by atoms with Crippen LogP contribution in [0, 0.1) is 0 Å². The fraction of sp³-hybridized carbons (Fsp3) is 1.00. The molecule has 0 fully saturated rings. The van der Waals surface area contributed by atoms with Gasteiger partial charge in [0.2, 0.25) is 0 Å². The zero-order valence-corrected chi connectivity index (χ0v) is 20.7. The summed E-state index contributed by atoms with van der Waals surface area (Å²) in [4.78, 5) is 0. The Hall–Kier alpha value is 2.03. The fourth-order valence-corrected chi connectivity index (χ4v) is 15.3. The predicted octanol–water partition coefficient (Wildman–Crippen LogP) is 6.33. The second-order valence-corrected chi connectivity index (χ2v) is 19.5. The van der Waals surface area contributed by atoms with E-state index in [1.165, 1.54) is 6.42 Å². The molecule has 18 heavy (non-hydrogen) atoms. The summed E-state index contributed by atoms with van der Waals surface area (Å²) in [6.45, 7) is 20.3. The van der Waals surface area contributed by atoms with E-state index >= 15 is 0 Å². The monoisotopic (exact) mass is 532 g/mol. The van der Waals surface area contributed by atoms with Gasteiger partial charge in [0, 0.05) is 37.2 Å². The maximum atomic E-state index is 6.44. The van der Waals surface area contributed by atoms with E-state index in [1.54, 1.807) is 0 Å². The summed E-state index contributed by atoms with van der Waals surface area (Å²) in [5.74, 6) is 0. The first-order chi connectivity index (χ1) is 7.90. The fourth-order valence-electron chi connectivity index (χ4n) is 1.98. The molecule has 0 rings (SSSR count). The summed E-state index contributed by atoms with van der Waals surface area (Å²) in [7, 11) is -4.99. The third-order valence-electron chi connectivity index (χ3n) is 2.86. The van der Waals surface area contributed by atoms with E-state index in [1.807, 2.05) is 0 Å². The summed E-state index contributed by atoms with van der Waals surface area (Å²) >= 11 is 4.24. The van der Waals surface area contributed by atoms with Crippen molar-refractivity contribution in [3.05, 3.63) is 0 Å². The highest BCUT2D eigenvalue weighted by Gasteiger charge is 2.40. The van der Waals surface area contributed by atoms with Crippen molar-refractivity contribution in [2.75, 3.05) is 0 Å². The highest BCUT2D eigenvalue weighted by atomic mass is 128. The first-order valence-electron chi connectivity index (χ1n) is 6.44. The maximum Gasteiger partial charge on any atom is 0.311 e. The molecule has 0 spiro atoms. The molecule has 0 aromatic rings. The van der Waals surface area contributed by atoms with Crippen LogP contribution in [0.3, 0.4) is 0 Å². The number of hydrogen-bond acceptors (Lipinski definition) is 2. The van der Waals surface area contributed by atoms with Crippen LogP contribution < -0.4 is 0 Å². The normalized spacial score (nSPS) is 14.8. The third-order valence-corrected chi connectivity index (χ3v) is 14.1. The average molecular weight is 532 g/mol. The molecular weight excluding hydrogens is 502 g/mol. The average Bonchev–Trinajstić information content (AvgIpc) is 2.13. The Morgan fingerprint density at radius 1 is 0.889 bits per heavy atom. The summed E-state index contributed by atoms with van der Waals surface area (Å²) in [5.41, 5.74) is 0.699. The molecule has 0 saturated heterocycles. The molecule has 0 bridgehead atoms. The van der Waals surface area contributed by atoms with Crippen LogP contribution in [0.5, 0.6) is 0 Å². The number of rotatable bonds is 6. The van der Waals surface area contributed by atoms with Crippen molar-refractivity contribution >= 4 is 62.4 Å². The van der Waals surface area contributed by atoms with Crippen LogP contribution in [0.1, 0.15) is 20.3 Å². The van der Waals surface area contributed by atoms with Crippen LogP contribution in [0.25, 0.3) is 0 Å². The molecule has 0 heterocycles. The lowest BCUT2D eigenvalue weighted by Crippen LogP contribution is -2.52. The van der Waals surface area contributed by atoms with E-state index < -0.39 is 25.2 Å². The van der Waals surface area contributed by atoms with Crippen molar-refractivity contribution in [3.63, 3.8) is 0 Å². The molecule has 0 N–H and O–H groups in total. The van der Waals surface area contributed by atoms with Gasteiger partial charge in [-0.2, -0.15) is 0 Å². The van der Waals surface area contributed by atoms with Crippen molar-refractivity contribution in [3.8, 4) is 0 Å². The standard InChI is InChI=1S/C11H30O2Si3.I2/c1-10-11(2)15(6,7)13-16(8,9)12-14(3,4)5;1-2/h11H,10H2,1-9H3;. The minimum atomic E-state index is -1.93. The van der Waals surface area contributed by atoms with E-state index in [2.05, 4.69) is 96.9 Å². The lowest BCUT2D eigenvalue weighted by atomic mass is 10.4. The Bertz CT molecular complexity index is 231. The molecule has 1 atom stereocenters. The van der Waals surface area contributed by atoms with Crippen molar-refractivity contribution in [2.45, 2.75) is 71.6 Å². The molecule has 0 saturated carbocycles. The van der Waals surface area contributed by atoms with Gasteiger partial charge in [0.25, 0.3) is 0 Å². The zero-order chi connectivity index (χ0) is 15.2. The van der Waals surface area contributed by atoms with Gasteiger partial charge in [0.05, 0.1) is 0 Å². The molecule has 7 heteroatoms. The molecule has 0 amide bonds. The highest BCUT2D eigenvalue weighted by Crippen LogP contribution is 2.30. The Labute approximate surface area is 141 Å². The first kappa shape index (κ1) is 22.3. The van der Waals surface area contributed by atoms with Crippen LogP contribution in [0.4, 0.5) is 0 Å². The van der Waals surface area contributed by atoms with Gasteiger partial charge in [-0.05, 0) is 51.4 Å². The van der Waals surface area contributed by atoms with Crippen LogP contribution in [-0.2, 0) is 8.23 Å². The van der Waals surface area contributed by atoms with Crippen LogP contribution in [0.2, 0.25) is 51.4 Å².